The molecule has 3 rings (SSSR count). The van der Waals surface area contributed by atoms with Gasteiger partial charge in [0.25, 0.3) is 0 Å². The molecule has 0 amide bonds. The maximum atomic E-state index is 13.2. The van der Waals surface area contributed by atoms with Gasteiger partial charge in [-0.15, -0.1) is 0 Å². The van der Waals surface area contributed by atoms with Crippen LogP contribution in [-0.4, -0.2) is 22.6 Å². The molecule has 0 aliphatic carbocycles. The van der Waals surface area contributed by atoms with E-state index in [4.69, 9.17) is 11.6 Å². The molecule has 0 bridgehead atoms. The Morgan fingerprint density at radius 1 is 1.32 bits per heavy atom. The summed E-state index contributed by atoms with van der Waals surface area (Å²) < 4.78 is 15.2. The van der Waals surface area contributed by atoms with E-state index in [0.29, 0.717) is 5.92 Å². The lowest BCUT2D eigenvalue weighted by Crippen LogP contribution is -2.27. The maximum Gasteiger partial charge on any atom is 0.141 e. The molecule has 1 aliphatic heterocycles. The Kier molecular flexibility index (Phi) is 3.53. The van der Waals surface area contributed by atoms with E-state index in [1.165, 1.54) is 11.8 Å². The molecule has 0 atom stereocenters. The van der Waals surface area contributed by atoms with Crippen LogP contribution in [0.25, 0.3) is 5.69 Å². The molecule has 0 spiro atoms. The first kappa shape index (κ1) is 12.6. The molecule has 1 aliphatic rings. The van der Waals surface area contributed by atoms with Crippen LogP contribution in [0.15, 0.2) is 30.7 Å². The van der Waals surface area contributed by atoms with E-state index in [0.717, 1.165) is 31.6 Å². The van der Waals surface area contributed by atoms with Gasteiger partial charge in [-0.3, -0.25) is 0 Å². The van der Waals surface area contributed by atoms with E-state index < -0.39 is 5.82 Å². The average molecular weight is 280 g/mol. The lowest BCUT2D eigenvalue weighted by Gasteiger charge is -2.23. The summed E-state index contributed by atoms with van der Waals surface area (Å²) >= 11 is 5.85. The van der Waals surface area contributed by atoms with Crippen molar-refractivity contribution in [3.05, 3.63) is 47.3 Å². The van der Waals surface area contributed by atoms with Crippen LogP contribution >= 0.6 is 11.6 Å². The van der Waals surface area contributed by atoms with Crippen molar-refractivity contribution in [1.82, 2.24) is 14.9 Å². The monoisotopic (exact) mass is 279 g/mol. The minimum Gasteiger partial charge on any atom is -0.317 e. The van der Waals surface area contributed by atoms with Gasteiger partial charge < -0.3 is 9.88 Å². The predicted molar refractivity (Wildman–Crippen MR) is 73.4 cm³/mol. The number of imidazole rings is 1. The third-order valence-electron chi connectivity index (χ3n) is 3.61. The summed E-state index contributed by atoms with van der Waals surface area (Å²) in [6.45, 7) is 2.06. The second kappa shape index (κ2) is 5.31. The number of hydrogen-bond donors (Lipinski definition) is 1. The Morgan fingerprint density at radius 3 is 2.84 bits per heavy atom. The Hall–Kier alpha value is -1.39. The van der Waals surface area contributed by atoms with Gasteiger partial charge in [0.15, 0.2) is 0 Å². The van der Waals surface area contributed by atoms with Gasteiger partial charge in [-0.05, 0) is 44.1 Å². The van der Waals surface area contributed by atoms with Crippen molar-refractivity contribution in [3.8, 4) is 5.69 Å². The number of hydrogen-bond acceptors (Lipinski definition) is 2. The number of rotatable bonds is 2. The number of aromatic nitrogens is 2. The number of halogens is 2. The first-order valence-electron chi connectivity index (χ1n) is 6.44. The second-order valence-corrected chi connectivity index (χ2v) is 5.22. The Morgan fingerprint density at radius 2 is 2.11 bits per heavy atom. The van der Waals surface area contributed by atoms with Gasteiger partial charge in [-0.25, -0.2) is 9.37 Å². The SMILES string of the molecule is Fc1ccc(-n2cncc2C2CCNCC2)cc1Cl. The molecule has 3 nitrogen and oxygen atoms in total. The zero-order valence-corrected chi connectivity index (χ0v) is 11.2. The molecule has 0 saturated carbocycles. The van der Waals surface area contributed by atoms with Crippen molar-refractivity contribution < 1.29 is 4.39 Å². The minimum absolute atomic E-state index is 0.141. The van der Waals surface area contributed by atoms with Crippen molar-refractivity contribution in [2.45, 2.75) is 18.8 Å². The summed E-state index contributed by atoms with van der Waals surface area (Å²) in [7, 11) is 0. The molecule has 0 radical (unpaired) electrons. The number of nitrogens with zero attached hydrogens (tertiary/aromatic N) is 2. The van der Waals surface area contributed by atoms with Crippen LogP contribution in [0.5, 0.6) is 0 Å². The normalized spacial score (nSPS) is 16.7. The Labute approximate surface area is 116 Å². The van der Waals surface area contributed by atoms with E-state index in [-0.39, 0.29) is 5.02 Å². The molecule has 0 unspecified atom stereocenters. The van der Waals surface area contributed by atoms with Crippen LogP contribution < -0.4 is 5.32 Å². The quantitative estimate of drug-likeness (QED) is 0.915. The van der Waals surface area contributed by atoms with E-state index in [1.54, 1.807) is 18.5 Å². The molecule has 1 aromatic heterocycles. The molecule has 1 fully saturated rings. The summed E-state index contributed by atoms with van der Waals surface area (Å²) in [4.78, 5) is 4.23. The van der Waals surface area contributed by atoms with Crippen molar-refractivity contribution in [3.63, 3.8) is 0 Å². The largest absolute Gasteiger partial charge is 0.317 e. The third kappa shape index (κ3) is 2.51. The molecule has 1 aromatic carbocycles. The standard InChI is InChI=1S/C14H15ClFN3/c15-12-7-11(1-2-13(12)16)19-9-18-8-14(19)10-3-5-17-6-4-10/h1-2,7-10,17H,3-6H2. The van der Waals surface area contributed by atoms with Crippen LogP contribution in [-0.2, 0) is 0 Å². The van der Waals surface area contributed by atoms with Crippen LogP contribution in [0.2, 0.25) is 5.02 Å². The highest BCUT2D eigenvalue weighted by molar-refractivity contribution is 6.30. The van der Waals surface area contributed by atoms with Gasteiger partial charge in [0.05, 0.1) is 11.3 Å². The van der Waals surface area contributed by atoms with Gasteiger partial charge in [-0.2, -0.15) is 0 Å². The van der Waals surface area contributed by atoms with Crippen molar-refractivity contribution in [2.24, 2.45) is 0 Å². The van der Waals surface area contributed by atoms with E-state index >= 15 is 0 Å². The number of piperidine rings is 1. The topological polar surface area (TPSA) is 29.9 Å². The average Bonchev–Trinajstić information content (AvgIpc) is 2.92. The lowest BCUT2D eigenvalue weighted by molar-refractivity contribution is 0.449. The number of nitrogens with one attached hydrogen (secondary N) is 1. The van der Waals surface area contributed by atoms with Gasteiger partial charge in [0, 0.05) is 23.5 Å². The molecule has 2 aromatic rings. The zero-order valence-electron chi connectivity index (χ0n) is 10.4. The Bertz CT molecular complexity index is 576. The predicted octanol–water partition coefficient (Wildman–Crippen LogP) is 3.13. The lowest BCUT2D eigenvalue weighted by atomic mass is 9.95. The minimum atomic E-state index is -0.394. The van der Waals surface area contributed by atoms with Crippen LogP contribution in [0.3, 0.4) is 0 Å². The highest BCUT2D eigenvalue weighted by atomic mass is 35.5. The maximum absolute atomic E-state index is 13.2. The summed E-state index contributed by atoms with van der Waals surface area (Å²) in [6, 6.07) is 4.76. The van der Waals surface area contributed by atoms with E-state index in [9.17, 15) is 4.39 Å². The van der Waals surface area contributed by atoms with Gasteiger partial charge in [-0.1, -0.05) is 11.6 Å². The van der Waals surface area contributed by atoms with Gasteiger partial charge in [0.1, 0.15) is 5.82 Å². The zero-order chi connectivity index (χ0) is 13.2. The second-order valence-electron chi connectivity index (χ2n) is 4.81. The molecule has 19 heavy (non-hydrogen) atoms. The molecular weight excluding hydrogens is 265 g/mol. The van der Waals surface area contributed by atoms with Gasteiger partial charge >= 0.3 is 0 Å². The molecule has 1 N–H and O–H groups in total. The van der Waals surface area contributed by atoms with Crippen molar-refractivity contribution in [2.75, 3.05) is 13.1 Å². The fourth-order valence-corrected chi connectivity index (χ4v) is 2.75. The summed E-state index contributed by atoms with van der Waals surface area (Å²) in [5.41, 5.74) is 2.03. The van der Waals surface area contributed by atoms with Gasteiger partial charge in [0.2, 0.25) is 0 Å². The number of benzene rings is 1. The summed E-state index contributed by atoms with van der Waals surface area (Å²) in [5.74, 6) is 0.0986. The first-order chi connectivity index (χ1) is 9.25. The first-order valence-corrected chi connectivity index (χ1v) is 6.82. The molecule has 1 saturated heterocycles. The highest BCUT2D eigenvalue weighted by Gasteiger charge is 2.19. The molecule has 2 heterocycles. The fraction of sp³-hybridized carbons (Fsp3) is 0.357. The van der Waals surface area contributed by atoms with Crippen LogP contribution in [0.4, 0.5) is 4.39 Å². The van der Waals surface area contributed by atoms with E-state index in [1.807, 2.05) is 10.8 Å². The molecule has 5 heteroatoms. The van der Waals surface area contributed by atoms with E-state index in [2.05, 4.69) is 10.3 Å². The van der Waals surface area contributed by atoms with Crippen molar-refractivity contribution in [1.29, 1.82) is 0 Å². The third-order valence-corrected chi connectivity index (χ3v) is 3.90. The summed E-state index contributed by atoms with van der Waals surface area (Å²) in [5, 5.41) is 3.49. The molecule has 100 valence electrons. The Balaban J connectivity index is 1.96. The molecular formula is C14H15ClFN3. The fourth-order valence-electron chi connectivity index (χ4n) is 2.58. The van der Waals surface area contributed by atoms with Crippen LogP contribution in [0, 0.1) is 5.82 Å². The van der Waals surface area contributed by atoms with Crippen molar-refractivity contribution >= 4 is 11.6 Å². The van der Waals surface area contributed by atoms with Crippen LogP contribution in [0.1, 0.15) is 24.5 Å². The smallest absolute Gasteiger partial charge is 0.141 e. The highest BCUT2D eigenvalue weighted by Crippen LogP contribution is 2.28. The summed E-state index contributed by atoms with van der Waals surface area (Å²) in [6.07, 6.45) is 5.86.